The van der Waals surface area contributed by atoms with Crippen LogP contribution in [0.25, 0.3) is 0 Å². The fourth-order valence-corrected chi connectivity index (χ4v) is 2.98. The van der Waals surface area contributed by atoms with Crippen molar-refractivity contribution in [2.75, 3.05) is 25.0 Å². The topological polar surface area (TPSA) is 35.5 Å². The third-order valence-corrected chi connectivity index (χ3v) is 4.70. The minimum atomic E-state index is -0.0931. The van der Waals surface area contributed by atoms with Crippen molar-refractivity contribution in [1.29, 1.82) is 0 Å². The average molecular weight is 290 g/mol. The summed E-state index contributed by atoms with van der Waals surface area (Å²) in [7, 11) is 0. The molecule has 1 aromatic carbocycles. The molecule has 0 spiro atoms. The first-order valence-corrected chi connectivity index (χ1v) is 8.45. The lowest BCUT2D eigenvalue weighted by molar-refractivity contribution is 0.0793. The van der Waals surface area contributed by atoms with E-state index in [1.165, 1.54) is 24.1 Å². The molecule has 2 N–H and O–H groups in total. The van der Waals surface area contributed by atoms with E-state index in [1.807, 2.05) is 0 Å². The molecule has 1 saturated heterocycles. The Labute approximate surface area is 129 Å². The van der Waals surface area contributed by atoms with Gasteiger partial charge in [0, 0.05) is 31.9 Å². The highest BCUT2D eigenvalue weighted by molar-refractivity contribution is 5.51. The number of benzene rings is 1. The van der Waals surface area contributed by atoms with Crippen molar-refractivity contribution >= 4 is 5.69 Å². The maximum atomic E-state index is 9.61. The molecular weight excluding hydrogens is 260 g/mol. The Morgan fingerprint density at radius 2 is 1.86 bits per heavy atom. The fourth-order valence-electron chi connectivity index (χ4n) is 2.98. The molecule has 0 unspecified atom stereocenters. The molecule has 1 aliphatic heterocycles. The van der Waals surface area contributed by atoms with Gasteiger partial charge in [0.25, 0.3) is 0 Å². The summed E-state index contributed by atoms with van der Waals surface area (Å²) in [5.74, 6) is 0.753. The highest BCUT2D eigenvalue weighted by atomic mass is 16.3. The van der Waals surface area contributed by atoms with E-state index >= 15 is 0 Å². The molecule has 1 aliphatic rings. The molecule has 118 valence electrons. The van der Waals surface area contributed by atoms with Gasteiger partial charge in [-0.2, -0.15) is 0 Å². The van der Waals surface area contributed by atoms with Gasteiger partial charge in [0.15, 0.2) is 0 Å². The Kier molecular flexibility index (Phi) is 6.52. The van der Waals surface area contributed by atoms with Gasteiger partial charge in [-0.05, 0) is 30.4 Å². The Balaban J connectivity index is 1.93. The maximum absolute atomic E-state index is 9.61. The van der Waals surface area contributed by atoms with E-state index in [1.54, 1.807) is 0 Å². The van der Waals surface area contributed by atoms with Gasteiger partial charge >= 0.3 is 0 Å². The third kappa shape index (κ3) is 5.01. The predicted octanol–water partition coefficient (Wildman–Crippen LogP) is 3.49. The van der Waals surface area contributed by atoms with Crippen molar-refractivity contribution in [3.8, 4) is 0 Å². The van der Waals surface area contributed by atoms with E-state index in [0.717, 1.165) is 44.9 Å². The number of hydrogen-bond donors (Lipinski definition) is 2. The van der Waals surface area contributed by atoms with E-state index in [2.05, 4.69) is 48.3 Å². The molecule has 0 bridgehead atoms. The summed E-state index contributed by atoms with van der Waals surface area (Å²) in [5.41, 5.74) is 2.65. The second-order valence-corrected chi connectivity index (χ2v) is 6.23. The Hall–Kier alpha value is -1.06. The van der Waals surface area contributed by atoms with Crippen LogP contribution in [-0.4, -0.2) is 35.7 Å². The zero-order valence-corrected chi connectivity index (χ0v) is 13.5. The number of anilines is 1. The monoisotopic (exact) mass is 290 g/mol. The van der Waals surface area contributed by atoms with E-state index < -0.39 is 0 Å². The summed E-state index contributed by atoms with van der Waals surface area (Å²) in [6, 6.07) is 8.64. The number of aliphatic hydroxyl groups excluding tert-OH is 1. The van der Waals surface area contributed by atoms with Crippen molar-refractivity contribution in [3.63, 3.8) is 0 Å². The van der Waals surface area contributed by atoms with Crippen LogP contribution in [-0.2, 0) is 6.54 Å². The Morgan fingerprint density at radius 1 is 1.19 bits per heavy atom. The van der Waals surface area contributed by atoms with Crippen LogP contribution in [0.3, 0.4) is 0 Å². The van der Waals surface area contributed by atoms with Crippen molar-refractivity contribution in [2.45, 2.75) is 52.2 Å². The van der Waals surface area contributed by atoms with Crippen LogP contribution in [0.4, 0.5) is 5.69 Å². The van der Waals surface area contributed by atoms with Crippen LogP contribution >= 0.6 is 0 Å². The summed E-state index contributed by atoms with van der Waals surface area (Å²) in [5, 5.41) is 13.2. The summed E-state index contributed by atoms with van der Waals surface area (Å²) in [6.45, 7) is 8.58. The summed E-state index contributed by atoms with van der Waals surface area (Å²) in [6.07, 6.45) is 4.18. The molecular formula is C18H30N2O. The van der Waals surface area contributed by atoms with Gasteiger partial charge in [-0.1, -0.05) is 44.9 Å². The van der Waals surface area contributed by atoms with Crippen LogP contribution in [0, 0.1) is 5.92 Å². The number of likely N-dealkylation sites (tertiary alicyclic amines) is 1. The minimum absolute atomic E-state index is 0.0931. The molecule has 0 amide bonds. The second kappa shape index (κ2) is 8.40. The van der Waals surface area contributed by atoms with Crippen molar-refractivity contribution in [3.05, 3.63) is 29.8 Å². The largest absolute Gasteiger partial charge is 0.393 e. The standard InChI is InChI=1S/C18H30N2O/c1-3-15(4-2)13-19-18-8-6-5-7-16(18)14-20-11-9-17(21)10-12-20/h5-8,15,17,19,21H,3-4,9-14H2,1-2H3. The lowest BCUT2D eigenvalue weighted by Gasteiger charge is -2.30. The van der Waals surface area contributed by atoms with Gasteiger partial charge in [0.2, 0.25) is 0 Å². The first kappa shape index (κ1) is 16.3. The molecule has 1 heterocycles. The molecule has 1 fully saturated rings. The molecule has 0 aromatic heterocycles. The number of piperidine rings is 1. The van der Waals surface area contributed by atoms with E-state index in [0.29, 0.717) is 0 Å². The van der Waals surface area contributed by atoms with E-state index in [4.69, 9.17) is 0 Å². The van der Waals surface area contributed by atoms with Crippen LogP contribution in [0.1, 0.15) is 45.1 Å². The fraction of sp³-hybridized carbons (Fsp3) is 0.667. The van der Waals surface area contributed by atoms with Crippen molar-refractivity contribution < 1.29 is 5.11 Å². The van der Waals surface area contributed by atoms with E-state index in [9.17, 15) is 5.11 Å². The number of nitrogens with zero attached hydrogens (tertiary/aromatic N) is 1. The zero-order valence-electron chi connectivity index (χ0n) is 13.5. The van der Waals surface area contributed by atoms with Gasteiger partial charge < -0.3 is 10.4 Å². The molecule has 21 heavy (non-hydrogen) atoms. The quantitative estimate of drug-likeness (QED) is 0.807. The molecule has 3 nitrogen and oxygen atoms in total. The van der Waals surface area contributed by atoms with Crippen LogP contribution in [0.2, 0.25) is 0 Å². The number of rotatable bonds is 7. The van der Waals surface area contributed by atoms with Gasteiger partial charge in [0.1, 0.15) is 0 Å². The summed E-state index contributed by atoms with van der Waals surface area (Å²) >= 11 is 0. The predicted molar refractivity (Wildman–Crippen MR) is 89.5 cm³/mol. The SMILES string of the molecule is CCC(CC)CNc1ccccc1CN1CCC(O)CC1. The Bertz CT molecular complexity index is 409. The minimum Gasteiger partial charge on any atom is -0.393 e. The lowest BCUT2D eigenvalue weighted by atomic mass is 10.0. The van der Waals surface area contributed by atoms with Crippen molar-refractivity contribution in [2.24, 2.45) is 5.92 Å². The smallest absolute Gasteiger partial charge is 0.0564 e. The van der Waals surface area contributed by atoms with Gasteiger partial charge in [0.05, 0.1) is 6.10 Å². The number of para-hydroxylation sites is 1. The van der Waals surface area contributed by atoms with Gasteiger partial charge in [-0.25, -0.2) is 0 Å². The first-order valence-electron chi connectivity index (χ1n) is 8.45. The number of nitrogens with one attached hydrogen (secondary N) is 1. The van der Waals surface area contributed by atoms with Crippen molar-refractivity contribution in [1.82, 2.24) is 4.90 Å². The molecule has 3 heteroatoms. The molecule has 0 atom stereocenters. The third-order valence-electron chi connectivity index (χ3n) is 4.70. The van der Waals surface area contributed by atoms with Crippen LogP contribution in [0.5, 0.6) is 0 Å². The molecule has 1 aromatic rings. The highest BCUT2D eigenvalue weighted by Gasteiger charge is 2.17. The zero-order chi connectivity index (χ0) is 15.1. The Morgan fingerprint density at radius 3 is 2.52 bits per heavy atom. The van der Waals surface area contributed by atoms with Crippen LogP contribution in [0.15, 0.2) is 24.3 Å². The number of hydrogen-bond acceptors (Lipinski definition) is 3. The molecule has 0 saturated carbocycles. The lowest BCUT2D eigenvalue weighted by Crippen LogP contribution is -2.35. The second-order valence-electron chi connectivity index (χ2n) is 6.23. The molecule has 0 radical (unpaired) electrons. The molecule has 0 aliphatic carbocycles. The van der Waals surface area contributed by atoms with Crippen LogP contribution < -0.4 is 5.32 Å². The number of aliphatic hydroxyl groups is 1. The van der Waals surface area contributed by atoms with Gasteiger partial charge in [-0.3, -0.25) is 4.90 Å². The molecule has 2 rings (SSSR count). The van der Waals surface area contributed by atoms with Gasteiger partial charge in [-0.15, -0.1) is 0 Å². The maximum Gasteiger partial charge on any atom is 0.0564 e. The van der Waals surface area contributed by atoms with E-state index in [-0.39, 0.29) is 6.10 Å². The highest BCUT2D eigenvalue weighted by Crippen LogP contribution is 2.21. The normalized spacial score (nSPS) is 17.3. The summed E-state index contributed by atoms with van der Waals surface area (Å²) in [4.78, 5) is 2.45. The summed E-state index contributed by atoms with van der Waals surface area (Å²) < 4.78 is 0. The first-order chi connectivity index (χ1) is 10.2. The average Bonchev–Trinajstić information content (AvgIpc) is 2.52.